The summed E-state index contributed by atoms with van der Waals surface area (Å²) in [5.74, 6) is -0.137. The molecule has 0 unspecified atom stereocenters. The van der Waals surface area contributed by atoms with Crippen molar-refractivity contribution in [3.63, 3.8) is 0 Å². The zero-order chi connectivity index (χ0) is 16.3. The van der Waals surface area contributed by atoms with Crippen LogP contribution in [0.15, 0.2) is 18.2 Å². The predicted molar refractivity (Wildman–Crippen MR) is 89.7 cm³/mol. The number of Topliss-reactive ketones (excluding diaryl/α,β-unsaturated/α-hetero) is 1. The number of carbonyl (C=O) groups excluding carboxylic acids is 2. The third kappa shape index (κ3) is 4.01. The Morgan fingerprint density at radius 3 is 2.45 bits per heavy atom. The highest BCUT2D eigenvalue weighted by molar-refractivity contribution is 7.14. The SMILES string of the molecule is Cc1cc(C)c(NC(=O)CCC(=O)c2ccc(C)s2)c(C)n1. The van der Waals surface area contributed by atoms with Gasteiger partial charge in [0.1, 0.15) is 0 Å². The molecular weight excluding hydrogens is 296 g/mol. The van der Waals surface area contributed by atoms with Crippen LogP contribution in [0.4, 0.5) is 5.69 Å². The van der Waals surface area contributed by atoms with E-state index in [9.17, 15) is 9.59 Å². The molecule has 1 amide bonds. The van der Waals surface area contributed by atoms with Crippen LogP contribution >= 0.6 is 11.3 Å². The number of anilines is 1. The zero-order valence-corrected chi connectivity index (χ0v) is 14.1. The smallest absolute Gasteiger partial charge is 0.224 e. The van der Waals surface area contributed by atoms with Crippen LogP contribution in [-0.4, -0.2) is 16.7 Å². The van der Waals surface area contributed by atoms with Gasteiger partial charge < -0.3 is 5.32 Å². The zero-order valence-electron chi connectivity index (χ0n) is 13.3. The van der Waals surface area contributed by atoms with Crippen molar-refractivity contribution in [2.75, 3.05) is 5.32 Å². The molecule has 0 atom stereocenters. The van der Waals surface area contributed by atoms with E-state index in [1.54, 1.807) is 0 Å². The highest BCUT2D eigenvalue weighted by atomic mass is 32.1. The number of hydrogen-bond acceptors (Lipinski definition) is 4. The summed E-state index contributed by atoms with van der Waals surface area (Å²) in [5.41, 5.74) is 3.45. The van der Waals surface area contributed by atoms with Gasteiger partial charge in [-0.2, -0.15) is 0 Å². The first kappa shape index (κ1) is 16.4. The van der Waals surface area contributed by atoms with E-state index in [-0.39, 0.29) is 24.5 Å². The minimum atomic E-state index is -0.154. The Bertz CT molecular complexity index is 696. The Morgan fingerprint density at radius 2 is 1.86 bits per heavy atom. The molecule has 22 heavy (non-hydrogen) atoms. The van der Waals surface area contributed by atoms with E-state index in [4.69, 9.17) is 0 Å². The van der Waals surface area contributed by atoms with Crippen molar-refractivity contribution in [2.24, 2.45) is 0 Å². The lowest BCUT2D eigenvalue weighted by atomic mass is 10.1. The Labute approximate surface area is 134 Å². The average Bonchev–Trinajstić information content (AvgIpc) is 2.87. The van der Waals surface area contributed by atoms with Crippen molar-refractivity contribution >= 4 is 28.7 Å². The minimum absolute atomic E-state index is 0.0173. The molecule has 2 rings (SSSR count). The molecule has 0 radical (unpaired) electrons. The Hall–Kier alpha value is -2.01. The number of amides is 1. The second-order valence-corrected chi connectivity index (χ2v) is 6.71. The molecule has 0 aliphatic heterocycles. The van der Waals surface area contributed by atoms with Crippen molar-refractivity contribution in [2.45, 2.75) is 40.5 Å². The number of aromatic nitrogens is 1. The molecule has 0 saturated carbocycles. The molecule has 0 spiro atoms. The summed E-state index contributed by atoms with van der Waals surface area (Å²) in [6.45, 7) is 7.70. The van der Waals surface area contributed by atoms with E-state index in [1.807, 2.05) is 45.9 Å². The Morgan fingerprint density at radius 1 is 1.14 bits per heavy atom. The topological polar surface area (TPSA) is 59.1 Å². The summed E-state index contributed by atoms with van der Waals surface area (Å²) < 4.78 is 0. The van der Waals surface area contributed by atoms with Crippen LogP contribution in [0, 0.1) is 27.7 Å². The normalized spacial score (nSPS) is 10.5. The maximum absolute atomic E-state index is 12.1. The maximum atomic E-state index is 12.1. The van der Waals surface area contributed by atoms with Crippen LogP contribution in [0.25, 0.3) is 0 Å². The lowest BCUT2D eigenvalue weighted by Gasteiger charge is -2.11. The number of carbonyl (C=O) groups is 2. The van der Waals surface area contributed by atoms with Gasteiger partial charge in [-0.1, -0.05) is 0 Å². The molecule has 0 aliphatic rings. The first-order valence-electron chi connectivity index (χ1n) is 7.21. The van der Waals surface area contributed by atoms with Crippen molar-refractivity contribution in [3.05, 3.63) is 44.9 Å². The van der Waals surface area contributed by atoms with Gasteiger partial charge in [0.2, 0.25) is 5.91 Å². The second kappa shape index (κ2) is 6.83. The summed E-state index contributed by atoms with van der Waals surface area (Å²) >= 11 is 1.47. The van der Waals surface area contributed by atoms with E-state index in [1.165, 1.54) is 11.3 Å². The molecule has 5 heteroatoms. The molecule has 2 aromatic rings. The quantitative estimate of drug-likeness (QED) is 0.849. The molecule has 4 nitrogen and oxygen atoms in total. The minimum Gasteiger partial charge on any atom is -0.324 e. The summed E-state index contributed by atoms with van der Waals surface area (Å²) in [5, 5.41) is 2.87. The molecule has 1 N–H and O–H groups in total. The number of aryl methyl sites for hydroxylation is 4. The van der Waals surface area contributed by atoms with Crippen molar-refractivity contribution in [1.29, 1.82) is 0 Å². The maximum Gasteiger partial charge on any atom is 0.224 e. The van der Waals surface area contributed by atoms with Crippen molar-refractivity contribution < 1.29 is 9.59 Å². The van der Waals surface area contributed by atoms with Crippen LogP contribution in [0.1, 0.15) is 44.3 Å². The van der Waals surface area contributed by atoms with E-state index in [0.717, 1.165) is 32.4 Å². The molecule has 0 saturated heterocycles. The van der Waals surface area contributed by atoms with Gasteiger partial charge in [-0.25, -0.2) is 0 Å². The Kier molecular flexibility index (Phi) is 5.08. The fourth-order valence-corrected chi connectivity index (χ4v) is 3.18. The molecule has 2 heterocycles. The number of pyridine rings is 1. The Balaban J connectivity index is 1.95. The number of nitrogens with zero attached hydrogens (tertiary/aromatic N) is 1. The van der Waals surface area contributed by atoms with E-state index in [2.05, 4.69) is 10.3 Å². The van der Waals surface area contributed by atoms with Gasteiger partial charge >= 0.3 is 0 Å². The molecule has 0 fully saturated rings. The third-order valence-corrected chi connectivity index (χ3v) is 4.43. The second-order valence-electron chi connectivity index (χ2n) is 5.42. The summed E-state index contributed by atoms with van der Waals surface area (Å²) in [7, 11) is 0. The van der Waals surface area contributed by atoms with Gasteiger partial charge in [0.05, 0.1) is 16.3 Å². The number of hydrogen-bond donors (Lipinski definition) is 1. The third-order valence-electron chi connectivity index (χ3n) is 3.38. The fourth-order valence-electron chi connectivity index (χ4n) is 2.35. The number of nitrogens with one attached hydrogen (secondary N) is 1. The highest BCUT2D eigenvalue weighted by Crippen LogP contribution is 2.20. The van der Waals surface area contributed by atoms with E-state index < -0.39 is 0 Å². The van der Waals surface area contributed by atoms with Crippen molar-refractivity contribution in [1.82, 2.24) is 4.98 Å². The van der Waals surface area contributed by atoms with E-state index in [0.29, 0.717) is 0 Å². The number of rotatable bonds is 5. The van der Waals surface area contributed by atoms with Gasteiger partial charge in [0, 0.05) is 23.4 Å². The summed E-state index contributed by atoms with van der Waals surface area (Å²) in [6.07, 6.45) is 0.408. The first-order valence-corrected chi connectivity index (χ1v) is 8.03. The molecular formula is C17H20N2O2S. The fraction of sp³-hybridized carbons (Fsp3) is 0.353. The van der Waals surface area contributed by atoms with Crippen molar-refractivity contribution in [3.8, 4) is 0 Å². The van der Waals surface area contributed by atoms with Gasteiger partial charge in [-0.05, 0) is 51.5 Å². The standard InChI is InChI=1S/C17H20N2O2S/c1-10-9-11(2)18-13(4)17(10)19-16(21)8-6-14(20)15-7-5-12(3)22-15/h5,7,9H,6,8H2,1-4H3,(H,19,21). The lowest BCUT2D eigenvalue weighted by molar-refractivity contribution is -0.116. The highest BCUT2D eigenvalue weighted by Gasteiger charge is 2.13. The van der Waals surface area contributed by atoms with Crippen LogP contribution in [0.3, 0.4) is 0 Å². The average molecular weight is 316 g/mol. The largest absolute Gasteiger partial charge is 0.324 e. The lowest BCUT2D eigenvalue weighted by Crippen LogP contribution is -2.15. The van der Waals surface area contributed by atoms with E-state index >= 15 is 0 Å². The number of ketones is 1. The van der Waals surface area contributed by atoms with Crippen LogP contribution < -0.4 is 5.32 Å². The number of thiophene rings is 1. The summed E-state index contributed by atoms with van der Waals surface area (Å²) in [4.78, 5) is 30.2. The summed E-state index contributed by atoms with van der Waals surface area (Å²) in [6, 6.07) is 5.67. The van der Waals surface area contributed by atoms with Crippen LogP contribution in [0.2, 0.25) is 0 Å². The molecule has 0 aliphatic carbocycles. The predicted octanol–water partition coefficient (Wildman–Crippen LogP) is 3.98. The van der Waals surface area contributed by atoms with Crippen LogP contribution in [-0.2, 0) is 4.79 Å². The monoisotopic (exact) mass is 316 g/mol. The molecule has 0 aromatic carbocycles. The van der Waals surface area contributed by atoms with Gasteiger partial charge in [-0.15, -0.1) is 11.3 Å². The van der Waals surface area contributed by atoms with Gasteiger partial charge in [0.15, 0.2) is 5.78 Å². The van der Waals surface area contributed by atoms with Crippen LogP contribution in [0.5, 0.6) is 0 Å². The van der Waals surface area contributed by atoms with Gasteiger partial charge in [0.25, 0.3) is 0 Å². The first-order chi connectivity index (χ1) is 10.4. The molecule has 116 valence electrons. The van der Waals surface area contributed by atoms with Gasteiger partial charge in [-0.3, -0.25) is 14.6 Å². The molecule has 0 bridgehead atoms. The molecule has 2 aromatic heterocycles.